The Labute approximate surface area is 84.3 Å². The smallest absolute Gasteiger partial charge is 0.121 e. The molecule has 0 aliphatic heterocycles. The number of hydrogen-bond acceptors (Lipinski definition) is 2. The van der Waals surface area contributed by atoms with Crippen LogP contribution in [-0.2, 0) is 7.05 Å². The first-order valence-electron chi connectivity index (χ1n) is 5.48. The summed E-state index contributed by atoms with van der Waals surface area (Å²) in [5, 5.41) is 4.45. The number of anilines is 1. The van der Waals surface area contributed by atoms with E-state index in [1.807, 2.05) is 13.1 Å². The molecule has 76 valence electrons. The second kappa shape index (κ2) is 2.53. The number of aryl methyl sites for hydroxylation is 1. The lowest BCUT2D eigenvalue weighted by molar-refractivity contribution is 0.00745. The van der Waals surface area contributed by atoms with Crippen LogP contribution in [0.5, 0.6) is 0 Å². The van der Waals surface area contributed by atoms with Crippen LogP contribution in [0.15, 0.2) is 6.07 Å². The fourth-order valence-corrected chi connectivity index (χ4v) is 2.98. The third kappa shape index (κ3) is 1.01. The molecule has 2 saturated carbocycles. The Bertz CT molecular complexity index is 335. The zero-order chi connectivity index (χ0) is 9.76. The zero-order valence-electron chi connectivity index (χ0n) is 8.66. The monoisotopic (exact) mass is 191 g/mol. The Morgan fingerprint density at radius 2 is 2.21 bits per heavy atom. The molecule has 14 heavy (non-hydrogen) atoms. The summed E-state index contributed by atoms with van der Waals surface area (Å²) in [7, 11) is 1.91. The van der Waals surface area contributed by atoms with E-state index in [9.17, 15) is 0 Å². The molecule has 3 nitrogen and oxygen atoms in total. The van der Waals surface area contributed by atoms with Crippen molar-refractivity contribution in [3.05, 3.63) is 11.8 Å². The number of aromatic nitrogens is 2. The number of rotatable bonds is 1. The maximum atomic E-state index is 5.77. The largest absolute Gasteiger partial charge is 0.384 e. The SMILES string of the molecule is Cn1nc(C2CC3(CCC3)C2)cc1N. The number of nitrogen functional groups attached to an aromatic ring is 1. The summed E-state index contributed by atoms with van der Waals surface area (Å²) in [5.41, 5.74) is 7.72. The van der Waals surface area contributed by atoms with Crippen molar-refractivity contribution >= 4 is 5.82 Å². The van der Waals surface area contributed by atoms with Gasteiger partial charge in [-0.05, 0) is 31.1 Å². The van der Waals surface area contributed by atoms with E-state index >= 15 is 0 Å². The topological polar surface area (TPSA) is 43.8 Å². The van der Waals surface area contributed by atoms with Crippen LogP contribution in [0.3, 0.4) is 0 Å². The molecule has 0 amide bonds. The molecule has 1 aromatic rings. The van der Waals surface area contributed by atoms with Gasteiger partial charge in [-0.25, -0.2) is 0 Å². The van der Waals surface area contributed by atoms with Crippen molar-refractivity contribution in [2.45, 2.75) is 38.0 Å². The molecule has 2 fully saturated rings. The van der Waals surface area contributed by atoms with E-state index < -0.39 is 0 Å². The molecule has 1 heterocycles. The first-order valence-corrected chi connectivity index (χ1v) is 5.48. The van der Waals surface area contributed by atoms with Crippen LogP contribution in [0.4, 0.5) is 5.82 Å². The summed E-state index contributed by atoms with van der Waals surface area (Å²) in [4.78, 5) is 0. The normalized spacial score (nSPS) is 24.6. The number of nitrogens with two attached hydrogens (primary N) is 1. The number of nitrogens with zero attached hydrogens (tertiary/aromatic N) is 2. The van der Waals surface area contributed by atoms with E-state index in [1.54, 1.807) is 4.68 Å². The highest BCUT2D eigenvalue weighted by Crippen LogP contribution is 2.61. The molecule has 2 aliphatic rings. The molecular weight excluding hydrogens is 174 g/mol. The Balaban J connectivity index is 1.73. The van der Waals surface area contributed by atoms with Gasteiger partial charge in [0.15, 0.2) is 0 Å². The van der Waals surface area contributed by atoms with Gasteiger partial charge in [-0.3, -0.25) is 4.68 Å². The molecule has 3 rings (SSSR count). The zero-order valence-corrected chi connectivity index (χ0v) is 8.66. The fraction of sp³-hybridized carbons (Fsp3) is 0.727. The lowest BCUT2D eigenvalue weighted by Crippen LogP contribution is -2.41. The van der Waals surface area contributed by atoms with E-state index in [2.05, 4.69) is 5.10 Å². The van der Waals surface area contributed by atoms with E-state index in [1.165, 1.54) is 37.8 Å². The summed E-state index contributed by atoms with van der Waals surface area (Å²) in [6, 6.07) is 2.04. The summed E-state index contributed by atoms with van der Waals surface area (Å²) >= 11 is 0. The van der Waals surface area contributed by atoms with Crippen molar-refractivity contribution in [3.63, 3.8) is 0 Å². The Morgan fingerprint density at radius 3 is 2.64 bits per heavy atom. The highest BCUT2D eigenvalue weighted by molar-refractivity contribution is 5.33. The van der Waals surface area contributed by atoms with Gasteiger partial charge in [0.1, 0.15) is 5.82 Å². The molecule has 2 N–H and O–H groups in total. The third-order valence-corrected chi connectivity index (χ3v) is 4.13. The average molecular weight is 191 g/mol. The highest BCUT2D eigenvalue weighted by Gasteiger charge is 2.49. The molecule has 2 aliphatic carbocycles. The molecule has 0 unspecified atom stereocenters. The van der Waals surface area contributed by atoms with Gasteiger partial charge in [0.05, 0.1) is 5.69 Å². The second-order valence-corrected chi connectivity index (χ2v) is 5.08. The fourth-order valence-electron chi connectivity index (χ4n) is 2.98. The van der Waals surface area contributed by atoms with Crippen molar-refractivity contribution in [3.8, 4) is 0 Å². The Hall–Kier alpha value is -0.990. The Morgan fingerprint density at radius 1 is 1.50 bits per heavy atom. The van der Waals surface area contributed by atoms with Gasteiger partial charge in [0.25, 0.3) is 0 Å². The van der Waals surface area contributed by atoms with Crippen LogP contribution in [0.1, 0.15) is 43.7 Å². The minimum absolute atomic E-state index is 0.693. The summed E-state index contributed by atoms with van der Waals surface area (Å²) in [6.07, 6.45) is 7.04. The molecule has 0 aromatic carbocycles. The minimum atomic E-state index is 0.693. The van der Waals surface area contributed by atoms with Crippen LogP contribution < -0.4 is 5.73 Å². The van der Waals surface area contributed by atoms with Gasteiger partial charge in [0, 0.05) is 19.0 Å². The van der Waals surface area contributed by atoms with Gasteiger partial charge in [-0.2, -0.15) is 5.10 Å². The highest BCUT2D eigenvalue weighted by atomic mass is 15.3. The first kappa shape index (κ1) is 8.33. The Kier molecular flexibility index (Phi) is 1.50. The molecule has 0 bridgehead atoms. The van der Waals surface area contributed by atoms with Gasteiger partial charge in [-0.15, -0.1) is 0 Å². The maximum absolute atomic E-state index is 5.77. The van der Waals surface area contributed by atoms with E-state index in [0.29, 0.717) is 5.92 Å². The van der Waals surface area contributed by atoms with Crippen LogP contribution in [0, 0.1) is 5.41 Å². The molecule has 1 spiro atoms. The molecular formula is C11H17N3. The van der Waals surface area contributed by atoms with Crippen LogP contribution >= 0.6 is 0 Å². The molecule has 1 aromatic heterocycles. The summed E-state index contributed by atoms with van der Waals surface area (Å²) in [5.74, 6) is 1.48. The molecule has 0 saturated heterocycles. The number of hydrogen-bond donors (Lipinski definition) is 1. The van der Waals surface area contributed by atoms with Crippen LogP contribution in [0.25, 0.3) is 0 Å². The summed E-state index contributed by atoms with van der Waals surface area (Å²) in [6.45, 7) is 0. The predicted octanol–water partition coefficient (Wildman–Crippen LogP) is 2.05. The average Bonchev–Trinajstić information content (AvgIpc) is 2.26. The van der Waals surface area contributed by atoms with Crippen molar-refractivity contribution < 1.29 is 0 Å². The van der Waals surface area contributed by atoms with E-state index in [4.69, 9.17) is 5.73 Å². The van der Waals surface area contributed by atoms with E-state index in [-0.39, 0.29) is 0 Å². The van der Waals surface area contributed by atoms with Crippen molar-refractivity contribution in [2.24, 2.45) is 12.5 Å². The van der Waals surface area contributed by atoms with Gasteiger partial charge in [-0.1, -0.05) is 6.42 Å². The quantitative estimate of drug-likeness (QED) is 0.738. The lowest BCUT2D eigenvalue weighted by Gasteiger charge is -2.53. The van der Waals surface area contributed by atoms with E-state index in [0.717, 1.165) is 11.2 Å². The van der Waals surface area contributed by atoms with Crippen molar-refractivity contribution in [1.82, 2.24) is 9.78 Å². The maximum Gasteiger partial charge on any atom is 0.121 e. The molecule has 0 atom stereocenters. The van der Waals surface area contributed by atoms with Crippen LogP contribution in [0.2, 0.25) is 0 Å². The minimum Gasteiger partial charge on any atom is -0.384 e. The standard InChI is InChI=1S/C11H17N3/c1-14-10(12)5-9(13-14)8-6-11(7-8)3-2-4-11/h5,8H,2-4,6-7,12H2,1H3. The van der Waals surface area contributed by atoms with Gasteiger partial charge in [0.2, 0.25) is 0 Å². The molecule has 0 radical (unpaired) electrons. The lowest BCUT2D eigenvalue weighted by atomic mass is 9.51. The predicted molar refractivity (Wildman–Crippen MR) is 55.9 cm³/mol. The first-order chi connectivity index (χ1) is 6.69. The van der Waals surface area contributed by atoms with Gasteiger partial charge >= 0.3 is 0 Å². The summed E-state index contributed by atoms with van der Waals surface area (Å²) < 4.78 is 1.78. The van der Waals surface area contributed by atoms with Crippen LogP contribution in [-0.4, -0.2) is 9.78 Å². The third-order valence-electron chi connectivity index (χ3n) is 4.13. The van der Waals surface area contributed by atoms with Gasteiger partial charge < -0.3 is 5.73 Å². The van der Waals surface area contributed by atoms with Crippen molar-refractivity contribution in [2.75, 3.05) is 5.73 Å². The van der Waals surface area contributed by atoms with Crippen molar-refractivity contribution in [1.29, 1.82) is 0 Å². The second-order valence-electron chi connectivity index (χ2n) is 5.08. The molecule has 3 heteroatoms.